The highest BCUT2D eigenvalue weighted by Gasteiger charge is 2.20. The molecule has 9 heteroatoms. The van der Waals surface area contributed by atoms with Gasteiger partial charge in [-0.15, -0.1) is 0 Å². The normalized spacial score (nSPS) is 11.1. The molecule has 0 bridgehead atoms. The highest BCUT2D eigenvalue weighted by Crippen LogP contribution is 2.21. The molecular formula is C12H8F2N2O4S. The van der Waals surface area contributed by atoms with E-state index in [2.05, 4.69) is 4.98 Å². The summed E-state index contributed by atoms with van der Waals surface area (Å²) in [6.45, 7) is 0. The van der Waals surface area contributed by atoms with Crippen molar-refractivity contribution < 1.29 is 27.1 Å². The molecule has 0 atom stereocenters. The summed E-state index contributed by atoms with van der Waals surface area (Å²) >= 11 is 0. The summed E-state index contributed by atoms with van der Waals surface area (Å²) in [4.78, 5) is 14.1. The van der Waals surface area contributed by atoms with Crippen molar-refractivity contribution >= 4 is 21.7 Å². The van der Waals surface area contributed by atoms with Crippen LogP contribution in [0.4, 0.5) is 14.5 Å². The van der Waals surface area contributed by atoms with Gasteiger partial charge in [-0.2, -0.15) is 0 Å². The predicted octanol–water partition coefficient (Wildman–Crippen LogP) is 1.86. The number of benzene rings is 1. The smallest absolute Gasteiger partial charge is 0.341 e. The second kappa shape index (κ2) is 5.44. The lowest BCUT2D eigenvalue weighted by molar-refractivity contribution is 0.0686. The van der Waals surface area contributed by atoms with Gasteiger partial charge in [0.25, 0.3) is 10.0 Å². The van der Waals surface area contributed by atoms with E-state index in [0.717, 1.165) is 0 Å². The first-order valence-corrected chi connectivity index (χ1v) is 6.95. The number of halogens is 2. The van der Waals surface area contributed by atoms with Crippen LogP contribution in [0.3, 0.4) is 0 Å². The third-order valence-corrected chi connectivity index (χ3v) is 3.87. The van der Waals surface area contributed by atoms with E-state index in [4.69, 9.17) is 5.11 Å². The van der Waals surface area contributed by atoms with Gasteiger partial charge in [-0.3, -0.25) is 9.71 Å². The van der Waals surface area contributed by atoms with Gasteiger partial charge in [0.2, 0.25) is 0 Å². The largest absolute Gasteiger partial charge is 0.477 e. The number of aromatic nitrogens is 1. The Balaban J connectivity index is 2.39. The first-order chi connectivity index (χ1) is 9.81. The molecule has 110 valence electrons. The number of carbonyl (C=O) groups is 1. The average molecular weight is 314 g/mol. The minimum Gasteiger partial charge on any atom is -0.477 e. The molecular weight excluding hydrogens is 306 g/mol. The van der Waals surface area contributed by atoms with Crippen molar-refractivity contribution in [2.45, 2.75) is 4.90 Å². The molecule has 0 saturated carbocycles. The van der Waals surface area contributed by atoms with Crippen LogP contribution in [0.2, 0.25) is 0 Å². The van der Waals surface area contributed by atoms with Crippen molar-refractivity contribution in [2.24, 2.45) is 0 Å². The highest BCUT2D eigenvalue weighted by atomic mass is 32.2. The van der Waals surface area contributed by atoms with E-state index < -0.39 is 38.9 Å². The molecule has 0 saturated heterocycles. The van der Waals surface area contributed by atoms with Crippen molar-refractivity contribution in [3.8, 4) is 0 Å². The molecule has 0 fully saturated rings. The molecule has 0 amide bonds. The average Bonchev–Trinajstić information content (AvgIpc) is 2.37. The molecule has 21 heavy (non-hydrogen) atoms. The van der Waals surface area contributed by atoms with Crippen LogP contribution in [0.5, 0.6) is 0 Å². The zero-order chi connectivity index (χ0) is 15.6. The number of hydrogen-bond acceptors (Lipinski definition) is 4. The molecule has 0 radical (unpaired) electrons. The zero-order valence-electron chi connectivity index (χ0n) is 10.2. The van der Waals surface area contributed by atoms with E-state index in [1.54, 1.807) is 0 Å². The van der Waals surface area contributed by atoms with Crippen molar-refractivity contribution in [2.75, 3.05) is 4.72 Å². The van der Waals surface area contributed by atoms with Crippen LogP contribution in [0.25, 0.3) is 0 Å². The number of sulfonamides is 1. The number of carboxylic acid groups (broad SMARTS) is 1. The Bertz CT molecular complexity index is 771. The fraction of sp³-hybridized carbons (Fsp3) is 0. The van der Waals surface area contributed by atoms with Gasteiger partial charge < -0.3 is 5.11 Å². The van der Waals surface area contributed by atoms with Crippen LogP contribution >= 0.6 is 0 Å². The van der Waals surface area contributed by atoms with E-state index in [9.17, 15) is 22.0 Å². The fourth-order valence-electron chi connectivity index (χ4n) is 1.57. The van der Waals surface area contributed by atoms with Crippen molar-refractivity contribution in [3.63, 3.8) is 0 Å². The third kappa shape index (κ3) is 3.14. The molecule has 0 aliphatic rings. The zero-order valence-corrected chi connectivity index (χ0v) is 11.1. The molecule has 0 unspecified atom stereocenters. The quantitative estimate of drug-likeness (QED) is 0.898. The molecule has 0 aliphatic heterocycles. The Labute approximate surface area is 118 Å². The van der Waals surface area contributed by atoms with Crippen LogP contribution in [0, 0.1) is 11.6 Å². The molecule has 1 aromatic heterocycles. The Kier molecular flexibility index (Phi) is 3.85. The minimum absolute atomic E-state index is 0.152. The monoisotopic (exact) mass is 314 g/mol. The van der Waals surface area contributed by atoms with Gasteiger partial charge in [-0.25, -0.2) is 22.0 Å². The molecule has 0 aliphatic carbocycles. The molecule has 6 nitrogen and oxygen atoms in total. The van der Waals surface area contributed by atoms with E-state index in [0.29, 0.717) is 12.1 Å². The number of anilines is 1. The van der Waals surface area contributed by atoms with Crippen LogP contribution in [0.15, 0.2) is 41.6 Å². The van der Waals surface area contributed by atoms with Gasteiger partial charge in [-0.05, 0) is 24.3 Å². The SMILES string of the molecule is O=C(O)c1c(F)cc(NS(=O)(=O)c2ccncc2)cc1F. The van der Waals surface area contributed by atoms with E-state index in [-0.39, 0.29) is 4.90 Å². The lowest BCUT2D eigenvalue weighted by Crippen LogP contribution is -2.14. The van der Waals surface area contributed by atoms with Crippen LogP contribution in [-0.4, -0.2) is 24.5 Å². The maximum atomic E-state index is 13.5. The van der Waals surface area contributed by atoms with Gasteiger partial charge in [0.05, 0.1) is 10.6 Å². The summed E-state index contributed by atoms with van der Waals surface area (Å²) in [6.07, 6.45) is 2.48. The van der Waals surface area contributed by atoms with E-state index in [1.807, 2.05) is 4.72 Å². The summed E-state index contributed by atoms with van der Waals surface area (Å²) in [7, 11) is -4.05. The number of aromatic carboxylic acids is 1. The lowest BCUT2D eigenvalue weighted by Gasteiger charge is -2.09. The van der Waals surface area contributed by atoms with Gasteiger partial charge in [0.15, 0.2) is 0 Å². The summed E-state index contributed by atoms with van der Waals surface area (Å²) in [5.74, 6) is -4.54. The summed E-state index contributed by atoms with van der Waals surface area (Å²) in [5, 5.41) is 8.62. The Hall–Kier alpha value is -2.55. The number of nitrogens with one attached hydrogen (secondary N) is 1. The van der Waals surface area contributed by atoms with Gasteiger partial charge >= 0.3 is 5.97 Å². The van der Waals surface area contributed by atoms with Crippen LogP contribution in [-0.2, 0) is 10.0 Å². The van der Waals surface area contributed by atoms with E-state index >= 15 is 0 Å². The topological polar surface area (TPSA) is 96.4 Å². The number of rotatable bonds is 4. The van der Waals surface area contributed by atoms with Gasteiger partial charge in [0, 0.05) is 12.4 Å². The van der Waals surface area contributed by atoms with Gasteiger partial charge in [0.1, 0.15) is 17.2 Å². The highest BCUT2D eigenvalue weighted by molar-refractivity contribution is 7.92. The first kappa shape index (κ1) is 14.9. The van der Waals surface area contributed by atoms with Crippen LogP contribution < -0.4 is 4.72 Å². The maximum Gasteiger partial charge on any atom is 0.341 e. The van der Waals surface area contributed by atoms with Crippen molar-refractivity contribution in [3.05, 3.63) is 53.9 Å². The van der Waals surface area contributed by atoms with Gasteiger partial charge in [-0.1, -0.05) is 0 Å². The number of nitrogens with zero attached hydrogens (tertiary/aromatic N) is 1. The Morgan fingerprint density at radius 3 is 2.14 bits per heavy atom. The predicted molar refractivity (Wildman–Crippen MR) is 68.4 cm³/mol. The summed E-state index contributed by atoms with van der Waals surface area (Å²) in [6, 6.07) is 3.57. The number of pyridine rings is 1. The number of carboxylic acids is 1. The van der Waals surface area contributed by atoms with Crippen molar-refractivity contribution in [1.82, 2.24) is 4.98 Å². The van der Waals surface area contributed by atoms with E-state index in [1.165, 1.54) is 24.5 Å². The van der Waals surface area contributed by atoms with Crippen molar-refractivity contribution in [1.29, 1.82) is 0 Å². The Morgan fingerprint density at radius 2 is 1.67 bits per heavy atom. The fourth-order valence-corrected chi connectivity index (χ4v) is 2.59. The molecule has 1 aromatic carbocycles. The summed E-state index contributed by atoms with van der Waals surface area (Å²) in [5.41, 5.74) is -1.58. The maximum absolute atomic E-state index is 13.5. The third-order valence-electron chi connectivity index (χ3n) is 2.47. The number of hydrogen-bond donors (Lipinski definition) is 2. The second-order valence-electron chi connectivity index (χ2n) is 3.91. The summed E-state index contributed by atoms with van der Waals surface area (Å²) < 4.78 is 52.8. The minimum atomic E-state index is -4.05. The second-order valence-corrected chi connectivity index (χ2v) is 5.59. The molecule has 2 rings (SSSR count). The standard InChI is InChI=1S/C12H8F2N2O4S/c13-9-5-7(6-10(14)11(9)12(17)18)16-21(19,20)8-1-3-15-4-2-8/h1-6,16H,(H,17,18). The molecule has 0 spiro atoms. The molecule has 2 N–H and O–H groups in total. The first-order valence-electron chi connectivity index (χ1n) is 5.46. The molecule has 2 aromatic rings. The Morgan fingerprint density at radius 1 is 1.14 bits per heavy atom. The van der Waals surface area contributed by atoms with Crippen LogP contribution in [0.1, 0.15) is 10.4 Å². The lowest BCUT2D eigenvalue weighted by atomic mass is 10.2. The molecule has 1 heterocycles.